The van der Waals surface area contributed by atoms with Crippen molar-refractivity contribution in [1.29, 1.82) is 0 Å². The number of piperidine rings is 1. The zero-order valence-electron chi connectivity index (χ0n) is 11.2. The first-order valence-corrected chi connectivity index (χ1v) is 7.49. The molecular weight excluding hydrogens is 297 g/mol. The first-order chi connectivity index (χ1) is 9.56. The molecule has 1 fully saturated rings. The number of nitrogens with two attached hydrogens (primary N) is 1. The Morgan fingerprint density at radius 1 is 1.35 bits per heavy atom. The maximum atomic E-state index is 10.9. The minimum absolute atomic E-state index is 0.262. The van der Waals surface area contributed by atoms with Crippen molar-refractivity contribution in [2.24, 2.45) is 5.73 Å². The fraction of sp³-hybridized carbons (Fsp3) is 0.500. The molecule has 1 amide bonds. The van der Waals surface area contributed by atoms with E-state index in [1.165, 1.54) is 0 Å². The van der Waals surface area contributed by atoms with Crippen LogP contribution in [0.3, 0.4) is 0 Å². The third kappa shape index (κ3) is 4.35. The van der Waals surface area contributed by atoms with Gasteiger partial charge in [-0.2, -0.15) is 0 Å². The van der Waals surface area contributed by atoms with Gasteiger partial charge in [-0.25, -0.2) is 0 Å². The Balaban J connectivity index is 1.79. The monoisotopic (exact) mass is 315 g/mol. The fourth-order valence-electron chi connectivity index (χ4n) is 2.45. The third-order valence-corrected chi connectivity index (χ3v) is 4.44. The van der Waals surface area contributed by atoms with Crippen LogP contribution in [0.1, 0.15) is 18.4 Å². The Morgan fingerprint density at radius 2 is 2.05 bits per heavy atom. The summed E-state index contributed by atoms with van der Waals surface area (Å²) in [5, 5.41) is 4.70. The number of hydrogen-bond acceptors (Lipinski definition) is 3. The van der Waals surface area contributed by atoms with Crippen LogP contribution in [0.2, 0.25) is 10.0 Å². The molecule has 0 bridgehead atoms. The van der Waals surface area contributed by atoms with Crippen molar-refractivity contribution in [3.8, 4) is 0 Å². The smallest absolute Gasteiger partial charge is 0.231 e. The van der Waals surface area contributed by atoms with Crippen LogP contribution in [0.4, 0.5) is 0 Å². The molecule has 0 spiro atoms. The van der Waals surface area contributed by atoms with E-state index < -0.39 is 0 Å². The summed E-state index contributed by atoms with van der Waals surface area (Å²) < 4.78 is 0. The molecule has 20 heavy (non-hydrogen) atoms. The van der Waals surface area contributed by atoms with Crippen LogP contribution >= 0.6 is 23.2 Å². The molecule has 3 N–H and O–H groups in total. The molecule has 6 heteroatoms. The first-order valence-electron chi connectivity index (χ1n) is 6.73. The number of primary amides is 1. The Bertz CT molecular complexity index is 473. The van der Waals surface area contributed by atoms with Crippen LogP contribution in [0.15, 0.2) is 18.2 Å². The van der Waals surface area contributed by atoms with E-state index in [4.69, 9.17) is 28.9 Å². The number of hydrogen-bond donors (Lipinski definition) is 2. The Labute approximate surface area is 129 Å². The van der Waals surface area contributed by atoms with Crippen LogP contribution in [0.25, 0.3) is 0 Å². The maximum absolute atomic E-state index is 10.9. The predicted octanol–water partition coefficient (Wildman–Crippen LogP) is 2.03. The van der Waals surface area contributed by atoms with Crippen molar-refractivity contribution >= 4 is 29.1 Å². The molecule has 0 radical (unpaired) electrons. The van der Waals surface area contributed by atoms with Gasteiger partial charge in [-0.05, 0) is 24.5 Å². The van der Waals surface area contributed by atoms with E-state index in [1.54, 1.807) is 6.07 Å². The van der Waals surface area contributed by atoms with Crippen molar-refractivity contribution in [2.75, 3.05) is 19.6 Å². The molecule has 1 aromatic carbocycles. The number of nitrogens with zero attached hydrogens (tertiary/aromatic N) is 1. The number of carbonyl (C=O) groups excluding carboxylic acids is 1. The summed E-state index contributed by atoms with van der Waals surface area (Å²) >= 11 is 12.2. The minimum atomic E-state index is -0.262. The number of halogens is 2. The highest BCUT2D eigenvalue weighted by atomic mass is 35.5. The highest BCUT2D eigenvalue weighted by Crippen LogP contribution is 2.25. The molecule has 2 rings (SSSR count). The number of rotatable bonds is 5. The zero-order valence-corrected chi connectivity index (χ0v) is 12.8. The topological polar surface area (TPSA) is 58.4 Å². The van der Waals surface area contributed by atoms with Gasteiger partial charge in [0.05, 0.1) is 16.6 Å². The molecule has 4 nitrogen and oxygen atoms in total. The van der Waals surface area contributed by atoms with Crippen molar-refractivity contribution in [1.82, 2.24) is 10.2 Å². The van der Waals surface area contributed by atoms with Crippen LogP contribution in [-0.2, 0) is 11.3 Å². The van der Waals surface area contributed by atoms with Gasteiger partial charge in [-0.3, -0.25) is 9.69 Å². The largest absolute Gasteiger partial charge is 0.369 e. The summed E-state index contributed by atoms with van der Waals surface area (Å²) in [7, 11) is 0. The molecule has 1 aliphatic rings. The van der Waals surface area contributed by atoms with Crippen molar-refractivity contribution < 1.29 is 4.79 Å². The Kier molecular flexibility index (Phi) is 5.66. The lowest BCUT2D eigenvalue weighted by molar-refractivity contribution is -0.119. The van der Waals surface area contributed by atoms with E-state index in [0.29, 0.717) is 29.2 Å². The van der Waals surface area contributed by atoms with Crippen molar-refractivity contribution in [3.05, 3.63) is 33.8 Å². The van der Waals surface area contributed by atoms with E-state index in [1.807, 2.05) is 12.1 Å². The quantitative estimate of drug-likeness (QED) is 0.874. The van der Waals surface area contributed by atoms with Crippen molar-refractivity contribution in [3.63, 3.8) is 0 Å². The maximum Gasteiger partial charge on any atom is 0.231 e. The van der Waals surface area contributed by atoms with Gasteiger partial charge in [0.25, 0.3) is 0 Å². The molecule has 0 saturated carbocycles. The average Bonchev–Trinajstić information content (AvgIpc) is 2.41. The predicted molar refractivity (Wildman–Crippen MR) is 82.0 cm³/mol. The molecule has 0 atom stereocenters. The lowest BCUT2D eigenvalue weighted by Crippen LogP contribution is -2.45. The molecule has 1 aliphatic heterocycles. The van der Waals surface area contributed by atoms with Crippen LogP contribution < -0.4 is 11.1 Å². The second kappa shape index (κ2) is 7.27. The molecule has 1 saturated heterocycles. The standard InChI is InChI=1S/C14H19Cl2N3O/c15-12-3-1-2-10(14(12)16)8-18-11-4-6-19(7-5-11)9-13(17)20/h1-3,11,18H,4-9H2,(H2,17,20). The Morgan fingerprint density at radius 3 is 2.70 bits per heavy atom. The van der Waals surface area contributed by atoms with E-state index in [-0.39, 0.29) is 5.91 Å². The third-order valence-electron chi connectivity index (χ3n) is 3.58. The van der Waals surface area contributed by atoms with Gasteiger partial charge in [0.15, 0.2) is 0 Å². The summed E-state index contributed by atoms with van der Waals surface area (Å²) in [6.07, 6.45) is 2.01. The number of likely N-dealkylation sites (tertiary alicyclic amines) is 1. The lowest BCUT2D eigenvalue weighted by atomic mass is 10.0. The van der Waals surface area contributed by atoms with Crippen LogP contribution in [0.5, 0.6) is 0 Å². The number of carbonyl (C=O) groups is 1. The van der Waals surface area contributed by atoms with Crippen LogP contribution in [0, 0.1) is 0 Å². The highest BCUT2D eigenvalue weighted by Gasteiger charge is 2.19. The number of amides is 1. The first kappa shape index (κ1) is 15.6. The lowest BCUT2D eigenvalue weighted by Gasteiger charge is -2.31. The molecule has 1 heterocycles. The van der Waals surface area contributed by atoms with E-state index in [9.17, 15) is 4.79 Å². The Hall–Kier alpha value is -0.810. The fourth-order valence-corrected chi connectivity index (χ4v) is 2.84. The second-order valence-electron chi connectivity index (χ2n) is 5.11. The van der Waals surface area contributed by atoms with Gasteiger partial charge >= 0.3 is 0 Å². The second-order valence-corrected chi connectivity index (χ2v) is 5.90. The van der Waals surface area contributed by atoms with E-state index in [0.717, 1.165) is 31.5 Å². The van der Waals surface area contributed by atoms with Gasteiger partial charge in [0, 0.05) is 25.7 Å². The summed E-state index contributed by atoms with van der Waals surface area (Å²) in [5.74, 6) is -0.262. The molecule has 1 aromatic rings. The van der Waals surface area contributed by atoms with Gasteiger partial charge in [-0.1, -0.05) is 35.3 Å². The van der Waals surface area contributed by atoms with Gasteiger partial charge in [-0.15, -0.1) is 0 Å². The average molecular weight is 316 g/mol. The number of benzene rings is 1. The molecule has 0 aromatic heterocycles. The van der Waals surface area contributed by atoms with Crippen molar-refractivity contribution in [2.45, 2.75) is 25.4 Å². The summed E-state index contributed by atoms with van der Waals surface area (Å²) in [6.45, 7) is 2.85. The SMILES string of the molecule is NC(=O)CN1CCC(NCc2cccc(Cl)c2Cl)CC1. The molecule has 0 unspecified atom stereocenters. The van der Waals surface area contributed by atoms with Crippen LogP contribution in [-0.4, -0.2) is 36.5 Å². The van der Waals surface area contributed by atoms with Gasteiger partial charge in [0.1, 0.15) is 0 Å². The molecular formula is C14H19Cl2N3O. The highest BCUT2D eigenvalue weighted by molar-refractivity contribution is 6.42. The number of nitrogens with one attached hydrogen (secondary N) is 1. The van der Waals surface area contributed by atoms with Gasteiger partial charge in [0.2, 0.25) is 5.91 Å². The normalized spacial score (nSPS) is 17.3. The van der Waals surface area contributed by atoms with E-state index >= 15 is 0 Å². The van der Waals surface area contributed by atoms with Gasteiger partial charge < -0.3 is 11.1 Å². The summed E-state index contributed by atoms with van der Waals surface area (Å²) in [4.78, 5) is 13.0. The van der Waals surface area contributed by atoms with E-state index in [2.05, 4.69) is 10.2 Å². The zero-order chi connectivity index (χ0) is 14.5. The molecule has 110 valence electrons. The summed E-state index contributed by atoms with van der Waals surface area (Å²) in [6, 6.07) is 6.11. The summed E-state index contributed by atoms with van der Waals surface area (Å²) in [5.41, 5.74) is 6.21. The minimum Gasteiger partial charge on any atom is -0.369 e. The molecule has 0 aliphatic carbocycles.